The molecular formula is C23H18Cl2N4O6S3. The van der Waals surface area contributed by atoms with Gasteiger partial charge in [0, 0.05) is 11.5 Å². The smallest absolute Gasteiger partial charge is 0.352 e. The number of aryl methyl sites for hydroxylation is 1. The number of fused-ring (bicyclic) bond motifs is 1. The molecular weight excluding hydrogens is 595 g/mol. The number of ether oxygens (including phenoxy) is 1. The molecule has 10 nitrogen and oxygen atoms in total. The first-order chi connectivity index (χ1) is 18.2. The second kappa shape index (κ2) is 11.2. The average molecular weight is 614 g/mol. The highest BCUT2D eigenvalue weighted by molar-refractivity contribution is 8.01. The number of thioether (sulfide) groups is 2. The van der Waals surface area contributed by atoms with Crippen molar-refractivity contribution in [3.63, 3.8) is 0 Å². The number of amides is 2. The van der Waals surface area contributed by atoms with Crippen LogP contribution in [0.5, 0.6) is 5.75 Å². The molecule has 0 spiro atoms. The number of halogens is 2. The number of carbonyl (C=O) groups is 3. The lowest BCUT2D eigenvalue weighted by Crippen LogP contribution is -2.70. The third-order valence-electron chi connectivity index (χ3n) is 5.59. The Balaban J connectivity index is 1.21. The van der Waals surface area contributed by atoms with Gasteiger partial charge in [0.25, 0.3) is 11.8 Å². The van der Waals surface area contributed by atoms with Crippen molar-refractivity contribution >= 4 is 75.8 Å². The lowest BCUT2D eigenvalue weighted by atomic mass is 10.0. The summed E-state index contributed by atoms with van der Waals surface area (Å²) in [5.74, 6) is -0.773. The van der Waals surface area contributed by atoms with Crippen molar-refractivity contribution in [2.45, 2.75) is 29.3 Å². The minimum absolute atomic E-state index is 0.00609. The van der Waals surface area contributed by atoms with E-state index in [1.807, 2.05) is 6.92 Å². The Morgan fingerprint density at radius 2 is 2.11 bits per heavy atom. The Bertz CT molecular complexity index is 1460. The number of hydrogen-bond donors (Lipinski definition) is 2. The predicted molar refractivity (Wildman–Crippen MR) is 144 cm³/mol. The fourth-order valence-corrected chi connectivity index (χ4v) is 7.46. The minimum Gasteiger partial charge on any atom is -0.484 e. The molecule has 0 saturated carbocycles. The summed E-state index contributed by atoms with van der Waals surface area (Å²) in [5, 5.41) is 21.4. The summed E-state index contributed by atoms with van der Waals surface area (Å²) >= 11 is 16.3. The van der Waals surface area contributed by atoms with Crippen LogP contribution >= 0.6 is 58.1 Å². The minimum atomic E-state index is -1.19. The summed E-state index contributed by atoms with van der Waals surface area (Å²) in [4.78, 5) is 39.0. The molecule has 2 aliphatic rings. The van der Waals surface area contributed by atoms with Crippen molar-refractivity contribution in [2.24, 2.45) is 0 Å². The molecule has 15 heteroatoms. The first-order valence-corrected chi connectivity index (χ1v) is 14.6. The number of nitrogens with one attached hydrogen (secondary N) is 1. The Labute approximate surface area is 238 Å². The van der Waals surface area contributed by atoms with Gasteiger partial charge in [-0.1, -0.05) is 52.4 Å². The van der Waals surface area contributed by atoms with Crippen molar-refractivity contribution in [3.05, 3.63) is 68.2 Å². The van der Waals surface area contributed by atoms with Gasteiger partial charge in [0.2, 0.25) is 0 Å². The third kappa shape index (κ3) is 5.38. The Morgan fingerprint density at radius 1 is 1.29 bits per heavy atom. The number of aliphatic carboxylic acids is 1. The third-order valence-corrected chi connectivity index (χ3v) is 9.78. The molecule has 0 radical (unpaired) electrons. The van der Waals surface area contributed by atoms with Gasteiger partial charge in [-0.2, -0.15) is 0 Å². The van der Waals surface area contributed by atoms with Gasteiger partial charge in [0.15, 0.2) is 10.1 Å². The van der Waals surface area contributed by atoms with Gasteiger partial charge in [0.1, 0.15) is 45.3 Å². The molecule has 5 rings (SSSR count). The Kier molecular flexibility index (Phi) is 7.91. The second-order valence-electron chi connectivity index (χ2n) is 8.10. The summed E-state index contributed by atoms with van der Waals surface area (Å²) < 4.78 is 11.9. The van der Waals surface area contributed by atoms with E-state index in [4.69, 9.17) is 32.4 Å². The standard InChI is InChI=1S/C23H18Cl2N4O6S3/c1-10-27-28-23(38-10)37-9-11-8-36-21-17(20(31)29(21)18(11)22(32)33)26-19(30)15-6-5-12(35-15)7-34-14-4-2-3-13(24)16(14)25/h2-6,17,21H,7-9H2,1H3,(H,26,30)(H,32,33)/t17-,21+/m1/s1. The molecule has 2 aliphatic heterocycles. The lowest BCUT2D eigenvalue weighted by Gasteiger charge is -2.49. The van der Waals surface area contributed by atoms with Gasteiger partial charge in [-0.25, -0.2) is 4.79 Å². The van der Waals surface area contributed by atoms with Gasteiger partial charge >= 0.3 is 5.97 Å². The van der Waals surface area contributed by atoms with Crippen molar-refractivity contribution in [1.29, 1.82) is 0 Å². The zero-order valence-corrected chi connectivity index (χ0v) is 23.4. The van der Waals surface area contributed by atoms with Crippen molar-refractivity contribution in [2.75, 3.05) is 11.5 Å². The molecule has 3 aromatic rings. The number of carboxylic acid groups (broad SMARTS) is 1. The molecule has 2 atom stereocenters. The number of aromatic nitrogens is 2. The zero-order valence-electron chi connectivity index (χ0n) is 19.5. The van der Waals surface area contributed by atoms with Crippen LogP contribution in [0.1, 0.15) is 21.3 Å². The average Bonchev–Trinajstić information content (AvgIpc) is 3.55. The normalized spacial score (nSPS) is 18.7. The van der Waals surface area contributed by atoms with E-state index in [-0.39, 0.29) is 23.1 Å². The summed E-state index contributed by atoms with van der Waals surface area (Å²) in [6, 6.07) is 7.15. The van der Waals surface area contributed by atoms with Gasteiger partial charge in [-0.15, -0.1) is 22.0 Å². The highest BCUT2D eigenvalue weighted by Crippen LogP contribution is 2.42. The molecule has 4 heterocycles. The van der Waals surface area contributed by atoms with E-state index in [1.165, 1.54) is 45.8 Å². The van der Waals surface area contributed by atoms with Crippen LogP contribution in [0.4, 0.5) is 0 Å². The van der Waals surface area contributed by atoms with Gasteiger partial charge in [0.05, 0.1) is 5.02 Å². The first kappa shape index (κ1) is 26.9. The second-order valence-corrected chi connectivity index (χ2v) is 12.4. The maximum atomic E-state index is 12.9. The van der Waals surface area contributed by atoms with Crippen molar-refractivity contribution < 1.29 is 28.6 Å². The number of hydrogen-bond acceptors (Lipinski definition) is 10. The number of nitrogens with zero attached hydrogens (tertiary/aromatic N) is 3. The number of rotatable bonds is 9. The Morgan fingerprint density at radius 3 is 2.84 bits per heavy atom. The Hall–Kier alpha value is -2.71. The molecule has 1 saturated heterocycles. The highest BCUT2D eigenvalue weighted by Gasteiger charge is 2.54. The van der Waals surface area contributed by atoms with Gasteiger partial charge in [-0.05, 0) is 36.8 Å². The molecule has 2 N–H and O–H groups in total. The number of β-lactam (4-membered cyclic amide) rings is 1. The van der Waals surface area contributed by atoms with E-state index in [2.05, 4.69) is 15.5 Å². The quantitative estimate of drug-likeness (QED) is 0.263. The van der Waals surface area contributed by atoms with Gasteiger partial charge in [-0.3, -0.25) is 14.5 Å². The van der Waals surface area contributed by atoms with Crippen LogP contribution in [0.25, 0.3) is 0 Å². The SMILES string of the molecule is Cc1nnc(SCC2=C(C(=O)O)N3C(=O)[C@@H](NC(=O)c4ccc(COc5cccc(Cl)c5Cl)o4)[C@@H]3SC2)s1. The van der Waals surface area contributed by atoms with Gasteiger partial charge < -0.3 is 19.6 Å². The fraction of sp³-hybridized carbons (Fsp3) is 0.261. The molecule has 2 amide bonds. The van der Waals surface area contributed by atoms with Crippen LogP contribution in [0, 0.1) is 6.92 Å². The van der Waals surface area contributed by atoms with E-state index >= 15 is 0 Å². The van der Waals surface area contributed by atoms with E-state index in [1.54, 1.807) is 24.3 Å². The molecule has 198 valence electrons. The van der Waals surface area contributed by atoms with E-state index in [9.17, 15) is 19.5 Å². The van der Waals surface area contributed by atoms with Crippen LogP contribution < -0.4 is 10.1 Å². The van der Waals surface area contributed by atoms with Crippen LogP contribution in [-0.4, -0.2) is 60.9 Å². The van der Waals surface area contributed by atoms with Crippen molar-refractivity contribution in [1.82, 2.24) is 20.4 Å². The zero-order chi connectivity index (χ0) is 27.0. The molecule has 0 unspecified atom stereocenters. The topological polar surface area (TPSA) is 135 Å². The number of carboxylic acids is 1. The summed E-state index contributed by atoms with van der Waals surface area (Å²) in [7, 11) is 0. The fourth-order valence-electron chi connectivity index (χ4n) is 3.81. The van der Waals surface area contributed by atoms with E-state index < -0.39 is 29.2 Å². The molecule has 1 fully saturated rings. The largest absolute Gasteiger partial charge is 0.484 e. The summed E-state index contributed by atoms with van der Waals surface area (Å²) in [6.07, 6.45) is 0. The molecule has 0 bridgehead atoms. The molecule has 38 heavy (non-hydrogen) atoms. The number of carbonyl (C=O) groups excluding carboxylic acids is 2. The van der Waals surface area contributed by atoms with Crippen LogP contribution in [0.3, 0.4) is 0 Å². The first-order valence-electron chi connectivity index (χ1n) is 11.0. The van der Waals surface area contributed by atoms with Crippen molar-refractivity contribution in [3.8, 4) is 5.75 Å². The maximum Gasteiger partial charge on any atom is 0.352 e. The maximum absolute atomic E-state index is 12.9. The lowest BCUT2D eigenvalue weighted by molar-refractivity contribution is -0.148. The van der Waals surface area contributed by atoms with E-state index in [0.717, 1.165) is 9.35 Å². The number of furan rings is 1. The van der Waals surface area contributed by atoms with E-state index in [0.29, 0.717) is 33.6 Å². The predicted octanol–water partition coefficient (Wildman–Crippen LogP) is 4.47. The summed E-state index contributed by atoms with van der Waals surface area (Å²) in [5.41, 5.74) is 0.570. The van der Waals surface area contributed by atoms with Crippen LogP contribution in [0.2, 0.25) is 10.0 Å². The summed E-state index contributed by atoms with van der Waals surface area (Å²) in [6.45, 7) is 1.85. The highest BCUT2D eigenvalue weighted by atomic mass is 35.5. The monoisotopic (exact) mass is 612 g/mol. The molecule has 1 aromatic carbocycles. The van der Waals surface area contributed by atoms with Crippen LogP contribution in [0.15, 0.2) is 50.4 Å². The van der Waals surface area contributed by atoms with Crippen LogP contribution in [-0.2, 0) is 16.2 Å². The number of benzene rings is 1. The molecule has 0 aliphatic carbocycles. The molecule has 2 aromatic heterocycles.